The van der Waals surface area contributed by atoms with Crippen molar-refractivity contribution >= 4 is 11.8 Å². The maximum absolute atomic E-state index is 11.8. The van der Waals surface area contributed by atoms with Gasteiger partial charge in [-0.2, -0.15) is 0 Å². The molecule has 0 radical (unpaired) electrons. The molecule has 0 unspecified atom stereocenters. The van der Waals surface area contributed by atoms with Crippen LogP contribution in [-0.2, 0) is 14.3 Å². The van der Waals surface area contributed by atoms with Crippen molar-refractivity contribution in [3.05, 3.63) is 11.6 Å². The fourth-order valence-electron chi connectivity index (χ4n) is 2.87. The monoisotopic (exact) mass is 194 g/mol. The SMILES string of the molecule is COC(=O)[C@@]12C(=O)CC[C@@H]1CC=C2C. The molecule has 0 N–H and O–H groups in total. The van der Waals surface area contributed by atoms with Crippen molar-refractivity contribution in [1.29, 1.82) is 0 Å². The zero-order chi connectivity index (χ0) is 10.3. The number of methoxy groups -OCH3 is 1. The molecule has 0 aromatic carbocycles. The summed E-state index contributed by atoms with van der Waals surface area (Å²) in [7, 11) is 1.35. The smallest absolute Gasteiger partial charge is 0.323 e. The van der Waals surface area contributed by atoms with E-state index in [1.165, 1.54) is 7.11 Å². The summed E-state index contributed by atoms with van der Waals surface area (Å²) < 4.78 is 4.78. The Hall–Kier alpha value is -1.12. The summed E-state index contributed by atoms with van der Waals surface area (Å²) in [5.74, 6) is -0.167. The highest BCUT2D eigenvalue weighted by atomic mass is 16.5. The van der Waals surface area contributed by atoms with Gasteiger partial charge in [-0.05, 0) is 25.7 Å². The molecule has 0 aliphatic heterocycles. The fourth-order valence-corrected chi connectivity index (χ4v) is 2.87. The van der Waals surface area contributed by atoms with E-state index in [0.717, 1.165) is 18.4 Å². The van der Waals surface area contributed by atoms with Crippen molar-refractivity contribution in [3.8, 4) is 0 Å². The number of esters is 1. The second-order valence-electron chi connectivity index (χ2n) is 4.08. The fraction of sp³-hybridized carbons (Fsp3) is 0.636. The van der Waals surface area contributed by atoms with Crippen molar-refractivity contribution in [2.24, 2.45) is 11.3 Å². The summed E-state index contributed by atoms with van der Waals surface area (Å²) in [5.41, 5.74) is -0.0220. The number of ketones is 1. The van der Waals surface area contributed by atoms with Crippen LogP contribution in [0.25, 0.3) is 0 Å². The van der Waals surface area contributed by atoms with E-state index in [9.17, 15) is 9.59 Å². The van der Waals surface area contributed by atoms with Gasteiger partial charge >= 0.3 is 5.97 Å². The van der Waals surface area contributed by atoms with Crippen LogP contribution in [0.2, 0.25) is 0 Å². The Morgan fingerprint density at radius 2 is 2.36 bits per heavy atom. The number of allylic oxidation sites excluding steroid dienone is 1. The van der Waals surface area contributed by atoms with Crippen LogP contribution < -0.4 is 0 Å². The largest absolute Gasteiger partial charge is 0.468 e. The van der Waals surface area contributed by atoms with Crippen LogP contribution in [0, 0.1) is 11.3 Å². The predicted octanol–water partition coefficient (Wildman–Crippen LogP) is 1.47. The molecular weight excluding hydrogens is 180 g/mol. The van der Waals surface area contributed by atoms with Gasteiger partial charge in [0.25, 0.3) is 0 Å². The Kier molecular flexibility index (Phi) is 1.98. The number of fused-ring (bicyclic) bond motifs is 1. The van der Waals surface area contributed by atoms with E-state index in [-0.39, 0.29) is 17.7 Å². The molecule has 0 bridgehead atoms. The molecule has 0 aromatic rings. The zero-order valence-corrected chi connectivity index (χ0v) is 8.50. The highest BCUT2D eigenvalue weighted by Crippen LogP contribution is 2.52. The standard InChI is InChI=1S/C11H14O3/c1-7-3-4-8-5-6-9(12)11(7,8)10(13)14-2/h3,8H,4-6H2,1-2H3/t8-,11+/m0/s1. The van der Waals surface area contributed by atoms with Crippen LogP contribution in [0.3, 0.4) is 0 Å². The predicted molar refractivity (Wildman–Crippen MR) is 50.6 cm³/mol. The van der Waals surface area contributed by atoms with Gasteiger partial charge < -0.3 is 4.74 Å². The lowest BCUT2D eigenvalue weighted by molar-refractivity contribution is -0.155. The van der Waals surface area contributed by atoms with Crippen LogP contribution in [-0.4, -0.2) is 18.9 Å². The van der Waals surface area contributed by atoms with Gasteiger partial charge in [-0.1, -0.05) is 11.6 Å². The number of rotatable bonds is 1. The Bertz CT molecular complexity index is 329. The quantitative estimate of drug-likeness (QED) is 0.360. The molecule has 3 heteroatoms. The molecule has 1 fully saturated rings. The summed E-state index contributed by atoms with van der Waals surface area (Å²) in [6.07, 6.45) is 4.18. The minimum atomic E-state index is -0.908. The Morgan fingerprint density at radius 1 is 1.64 bits per heavy atom. The molecule has 0 amide bonds. The van der Waals surface area contributed by atoms with Gasteiger partial charge in [0.2, 0.25) is 0 Å². The Labute approximate surface area is 83.1 Å². The van der Waals surface area contributed by atoms with E-state index in [0.29, 0.717) is 6.42 Å². The van der Waals surface area contributed by atoms with Gasteiger partial charge in [-0.25, -0.2) is 0 Å². The highest BCUT2D eigenvalue weighted by Gasteiger charge is 2.59. The van der Waals surface area contributed by atoms with Crippen molar-refractivity contribution in [1.82, 2.24) is 0 Å². The van der Waals surface area contributed by atoms with Gasteiger partial charge in [0, 0.05) is 6.42 Å². The van der Waals surface area contributed by atoms with Crippen LogP contribution in [0.15, 0.2) is 11.6 Å². The van der Waals surface area contributed by atoms with E-state index in [1.807, 2.05) is 13.0 Å². The molecule has 0 heterocycles. The summed E-state index contributed by atoms with van der Waals surface area (Å²) in [5, 5.41) is 0. The van der Waals surface area contributed by atoms with Gasteiger partial charge in [0.15, 0.2) is 5.78 Å². The first-order valence-electron chi connectivity index (χ1n) is 4.93. The first kappa shape index (κ1) is 9.44. The summed E-state index contributed by atoms with van der Waals surface area (Å²) in [4.78, 5) is 23.6. The van der Waals surface area contributed by atoms with Gasteiger partial charge in [0.05, 0.1) is 7.11 Å². The van der Waals surface area contributed by atoms with Crippen molar-refractivity contribution < 1.29 is 14.3 Å². The third-order valence-corrected chi connectivity index (χ3v) is 3.61. The van der Waals surface area contributed by atoms with Crippen LogP contribution >= 0.6 is 0 Å². The first-order valence-corrected chi connectivity index (χ1v) is 4.93. The minimum Gasteiger partial charge on any atom is -0.468 e. The number of carbonyl (C=O) groups is 2. The Morgan fingerprint density at radius 3 is 3.00 bits per heavy atom. The van der Waals surface area contributed by atoms with Crippen molar-refractivity contribution in [2.45, 2.75) is 26.2 Å². The Balaban J connectivity index is 2.49. The molecule has 1 saturated carbocycles. The molecule has 0 spiro atoms. The molecule has 2 aliphatic carbocycles. The van der Waals surface area contributed by atoms with Crippen LogP contribution in [0.5, 0.6) is 0 Å². The normalized spacial score (nSPS) is 35.4. The third-order valence-electron chi connectivity index (χ3n) is 3.61. The lowest BCUT2D eigenvalue weighted by Crippen LogP contribution is -2.40. The molecule has 0 saturated heterocycles. The number of hydrogen-bond donors (Lipinski definition) is 0. The van der Waals surface area contributed by atoms with E-state index < -0.39 is 5.41 Å². The molecule has 2 aliphatic rings. The number of carbonyl (C=O) groups excluding carboxylic acids is 2. The van der Waals surface area contributed by atoms with E-state index >= 15 is 0 Å². The number of Topliss-reactive ketones (excluding diaryl/α,β-unsaturated/α-hetero) is 1. The second kappa shape index (κ2) is 2.94. The summed E-state index contributed by atoms with van der Waals surface area (Å²) in [6.45, 7) is 1.86. The average molecular weight is 194 g/mol. The van der Waals surface area contributed by atoms with Crippen LogP contribution in [0.4, 0.5) is 0 Å². The molecule has 0 aromatic heterocycles. The van der Waals surface area contributed by atoms with Crippen molar-refractivity contribution in [3.63, 3.8) is 0 Å². The lowest BCUT2D eigenvalue weighted by atomic mass is 9.75. The maximum Gasteiger partial charge on any atom is 0.323 e. The molecule has 2 atom stereocenters. The van der Waals surface area contributed by atoms with Crippen LogP contribution in [0.1, 0.15) is 26.2 Å². The maximum atomic E-state index is 11.8. The highest BCUT2D eigenvalue weighted by molar-refractivity contribution is 6.09. The van der Waals surface area contributed by atoms with Crippen molar-refractivity contribution in [2.75, 3.05) is 7.11 Å². The van der Waals surface area contributed by atoms with Gasteiger partial charge in [0.1, 0.15) is 5.41 Å². The lowest BCUT2D eigenvalue weighted by Gasteiger charge is -2.26. The third kappa shape index (κ3) is 0.873. The number of ether oxygens (including phenoxy) is 1. The summed E-state index contributed by atoms with van der Waals surface area (Å²) in [6, 6.07) is 0. The molecule has 14 heavy (non-hydrogen) atoms. The topological polar surface area (TPSA) is 43.4 Å². The molecular formula is C11H14O3. The summed E-state index contributed by atoms with van der Waals surface area (Å²) >= 11 is 0. The molecule has 2 rings (SSSR count). The number of hydrogen-bond acceptors (Lipinski definition) is 3. The van der Waals surface area contributed by atoms with E-state index in [2.05, 4.69) is 0 Å². The second-order valence-corrected chi connectivity index (χ2v) is 4.08. The van der Waals surface area contributed by atoms with E-state index in [4.69, 9.17) is 4.74 Å². The first-order chi connectivity index (χ1) is 6.64. The van der Waals surface area contributed by atoms with Gasteiger partial charge in [-0.3, -0.25) is 9.59 Å². The van der Waals surface area contributed by atoms with Gasteiger partial charge in [-0.15, -0.1) is 0 Å². The minimum absolute atomic E-state index is 0.0422. The average Bonchev–Trinajstić information content (AvgIpc) is 2.67. The molecule has 76 valence electrons. The zero-order valence-electron chi connectivity index (χ0n) is 8.50. The molecule has 3 nitrogen and oxygen atoms in total. The van der Waals surface area contributed by atoms with E-state index in [1.54, 1.807) is 0 Å².